The van der Waals surface area contributed by atoms with Gasteiger partial charge in [-0.05, 0) is 55.0 Å². The number of pyridine rings is 1. The third kappa shape index (κ3) is 5.08. The number of rotatable bonds is 8. The molecule has 0 aliphatic rings. The van der Waals surface area contributed by atoms with Crippen molar-refractivity contribution in [3.8, 4) is 0 Å². The maximum Gasteiger partial charge on any atom is 0.260 e. The molecular formula is C25H25ClN4O3S2. The fraction of sp³-hybridized carbons (Fsp3) is 0.240. The zero-order valence-corrected chi connectivity index (χ0v) is 22.0. The van der Waals surface area contributed by atoms with E-state index in [-0.39, 0.29) is 17.3 Å². The summed E-state index contributed by atoms with van der Waals surface area (Å²) in [5.41, 5.74) is 2.75. The zero-order valence-electron chi connectivity index (χ0n) is 19.6. The largest absolute Gasteiger partial charge is 0.278 e. The van der Waals surface area contributed by atoms with E-state index >= 15 is 0 Å². The van der Waals surface area contributed by atoms with Gasteiger partial charge in [0.25, 0.3) is 5.91 Å². The fourth-order valence-electron chi connectivity index (χ4n) is 3.72. The summed E-state index contributed by atoms with van der Waals surface area (Å²) in [5, 5.41) is 1.07. The highest BCUT2D eigenvalue weighted by atomic mass is 35.5. The summed E-state index contributed by atoms with van der Waals surface area (Å²) in [7, 11) is -3.62. The molecule has 0 bridgehead atoms. The van der Waals surface area contributed by atoms with Crippen molar-refractivity contribution >= 4 is 54.2 Å². The molecule has 0 fully saturated rings. The summed E-state index contributed by atoms with van der Waals surface area (Å²) in [6.45, 7) is 6.48. The zero-order chi connectivity index (χ0) is 25.2. The van der Waals surface area contributed by atoms with Gasteiger partial charge in [-0.15, -0.1) is 0 Å². The Morgan fingerprint density at radius 1 is 1.03 bits per heavy atom. The van der Waals surface area contributed by atoms with Gasteiger partial charge in [-0.3, -0.25) is 14.7 Å². The van der Waals surface area contributed by atoms with Gasteiger partial charge < -0.3 is 0 Å². The molecule has 10 heteroatoms. The van der Waals surface area contributed by atoms with Crippen LogP contribution in [-0.4, -0.2) is 41.7 Å². The van der Waals surface area contributed by atoms with E-state index in [1.807, 2.05) is 37.3 Å². The van der Waals surface area contributed by atoms with Gasteiger partial charge in [0, 0.05) is 24.8 Å². The van der Waals surface area contributed by atoms with E-state index in [2.05, 4.69) is 4.98 Å². The number of carbonyl (C=O) groups is 1. The predicted molar refractivity (Wildman–Crippen MR) is 141 cm³/mol. The number of thiazole rings is 1. The van der Waals surface area contributed by atoms with Crippen LogP contribution >= 0.6 is 22.9 Å². The molecule has 0 atom stereocenters. The highest BCUT2D eigenvalue weighted by molar-refractivity contribution is 7.89. The molecule has 2 aromatic heterocycles. The van der Waals surface area contributed by atoms with Gasteiger partial charge in [0.15, 0.2) is 5.13 Å². The van der Waals surface area contributed by atoms with Crippen LogP contribution in [0.2, 0.25) is 5.02 Å². The molecule has 0 saturated carbocycles. The lowest BCUT2D eigenvalue weighted by molar-refractivity contribution is 0.0984. The van der Waals surface area contributed by atoms with Gasteiger partial charge in [0.2, 0.25) is 10.0 Å². The quantitative estimate of drug-likeness (QED) is 0.300. The van der Waals surface area contributed by atoms with E-state index in [0.29, 0.717) is 34.5 Å². The van der Waals surface area contributed by atoms with Crippen molar-refractivity contribution in [2.75, 3.05) is 18.0 Å². The minimum Gasteiger partial charge on any atom is -0.278 e. The third-order valence-corrected chi connectivity index (χ3v) is 9.26. The second kappa shape index (κ2) is 10.4. The van der Waals surface area contributed by atoms with E-state index in [4.69, 9.17) is 16.6 Å². The summed E-state index contributed by atoms with van der Waals surface area (Å²) in [4.78, 5) is 24.5. The topological polar surface area (TPSA) is 83.5 Å². The van der Waals surface area contributed by atoms with Gasteiger partial charge in [-0.2, -0.15) is 4.31 Å². The van der Waals surface area contributed by atoms with Crippen LogP contribution in [0.4, 0.5) is 5.13 Å². The lowest BCUT2D eigenvalue weighted by atomic mass is 10.2. The molecule has 2 heterocycles. The van der Waals surface area contributed by atoms with Gasteiger partial charge in [0.05, 0.1) is 32.4 Å². The van der Waals surface area contributed by atoms with E-state index < -0.39 is 10.0 Å². The molecule has 4 rings (SSSR count). The van der Waals surface area contributed by atoms with Crippen molar-refractivity contribution < 1.29 is 13.2 Å². The molecule has 0 spiro atoms. The number of nitrogens with zero attached hydrogens (tertiary/aromatic N) is 4. The van der Waals surface area contributed by atoms with Gasteiger partial charge in [-0.25, -0.2) is 13.4 Å². The van der Waals surface area contributed by atoms with Gasteiger partial charge >= 0.3 is 0 Å². The number of fused-ring (bicyclic) bond motifs is 1. The smallest absolute Gasteiger partial charge is 0.260 e. The molecule has 0 saturated heterocycles. The minimum atomic E-state index is -3.62. The number of sulfonamides is 1. The number of carbonyl (C=O) groups excluding carboxylic acids is 1. The minimum absolute atomic E-state index is 0.149. The van der Waals surface area contributed by atoms with Crippen LogP contribution in [0.3, 0.4) is 0 Å². The molecule has 182 valence electrons. The first-order valence-corrected chi connectivity index (χ1v) is 13.8. The molecular weight excluding hydrogens is 504 g/mol. The Labute approximate surface area is 214 Å². The number of hydrogen-bond acceptors (Lipinski definition) is 6. The van der Waals surface area contributed by atoms with Crippen LogP contribution < -0.4 is 4.90 Å². The highest BCUT2D eigenvalue weighted by Crippen LogP contribution is 2.36. The first kappa shape index (κ1) is 25.2. The Morgan fingerprint density at radius 3 is 2.34 bits per heavy atom. The van der Waals surface area contributed by atoms with Crippen molar-refractivity contribution in [1.82, 2.24) is 14.3 Å². The van der Waals surface area contributed by atoms with Crippen LogP contribution in [0.1, 0.15) is 35.5 Å². The number of anilines is 1. The Kier molecular flexibility index (Phi) is 7.51. The molecule has 0 unspecified atom stereocenters. The number of halogens is 1. The van der Waals surface area contributed by atoms with Crippen LogP contribution in [0, 0.1) is 6.92 Å². The summed E-state index contributed by atoms with van der Waals surface area (Å²) < 4.78 is 27.9. The average molecular weight is 529 g/mol. The standard InChI is InChI=1S/C25H25ClN4O3S2/c1-4-29(5-2)35(32,33)20-12-10-18(11-13-20)24(31)30(16-19-8-6-7-15-27-19)25-28-22-17(3)9-14-21(26)23(22)34-25/h6-15H,4-5,16H2,1-3H3. The maximum atomic E-state index is 13.7. The first-order valence-electron chi connectivity index (χ1n) is 11.1. The molecule has 0 aliphatic heterocycles. The average Bonchev–Trinajstić information content (AvgIpc) is 3.32. The SMILES string of the molecule is CCN(CC)S(=O)(=O)c1ccc(C(=O)N(Cc2ccccn2)c2nc3c(C)ccc(Cl)c3s2)cc1. The summed E-state index contributed by atoms with van der Waals surface area (Å²) in [6, 6.07) is 15.2. The first-order chi connectivity index (χ1) is 16.8. The molecule has 2 aromatic carbocycles. The maximum absolute atomic E-state index is 13.7. The number of hydrogen-bond donors (Lipinski definition) is 0. The second-order valence-electron chi connectivity index (χ2n) is 7.86. The van der Waals surface area contributed by atoms with Crippen molar-refractivity contribution in [3.63, 3.8) is 0 Å². The van der Waals surface area contributed by atoms with Crippen LogP contribution in [0.5, 0.6) is 0 Å². The normalized spacial score (nSPS) is 11.8. The fourth-order valence-corrected chi connectivity index (χ4v) is 6.50. The van der Waals surface area contributed by atoms with Crippen molar-refractivity contribution in [1.29, 1.82) is 0 Å². The van der Waals surface area contributed by atoms with Crippen molar-refractivity contribution in [2.24, 2.45) is 0 Å². The van der Waals surface area contributed by atoms with E-state index in [1.54, 1.807) is 24.9 Å². The van der Waals surface area contributed by atoms with E-state index in [1.165, 1.54) is 39.9 Å². The molecule has 1 amide bonds. The lowest BCUT2D eigenvalue weighted by Crippen LogP contribution is -2.31. The number of amides is 1. The number of benzene rings is 2. The van der Waals surface area contributed by atoms with Crippen molar-refractivity contribution in [3.05, 3.63) is 82.6 Å². The van der Waals surface area contributed by atoms with E-state index in [9.17, 15) is 13.2 Å². The van der Waals surface area contributed by atoms with Crippen LogP contribution in [-0.2, 0) is 16.6 Å². The molecule has 0 N–H and O–H groups in total. The summed E-state index contributed by atoms with van der Waals surface area (Å²) in [5.74, 6) is -0.310. The van der Waals surface area contributed by atoms with Gasteiger partial charge in [0.1, 0.15) is 0 Å². The second-order valence-corrected chi connectivity index (χ2v) is 11.2. The molecule has 7 nitrogen and oxygen atoms in total. The summed E-state index contributed by atoms with van der Waals surface area (Å²) >= 11 is 7.74. The van der Waals surface area contributed by atoms with Gasteiger partial charge in [-0.1, -0.05) is 48.9 Å². The number of aryl methyl sites for hydroxylation is 1. The Morgan fingerprint density at radius 2 is 1.74 bits per heavy atom. The summed E-state index contributed by atoms with van der Waals surface area (Å²) in [6.07, 6.45) is 1.67. The van der Waals surface area contributed by atoms with E-state index in [0.717, 1.165) is 15.8 Å². The van der Waals surface area contributed by atoms with Crippen LogP contribution in [0.25, 0.3) is 10.2 Å². The Hall–Kier alpha value is -2.85. The lowest BCUT2D eigenvalue weighted by Gasteiger charge is -2.21. The number of aromatic nitrogens is 2. The Bertz CT molecular complexity index is 1410. The molecule has 4 aromatic rings. The Balaban J connectivity index is 1.74. The highest BCUT2D eigenvalue weighted by Gasteiger charge is 2.25. The predicted octanol–water partition coefficient (Wildman–Crippen LogP) is 5.53. The molecule has 35 heavy (non-hydrogen) atoms. The van der Waals surface area contributed by atoms with Crippen LogP contribution in [0.15, 0.2) is 65.7 Å². The third-order valence-electron chi connectivity index (χ3n) is 5.65. The molecule has 0 radical (unpaired) electrons. The van der Waals surface area contributed by atoms with Crippen molar-refractivity contribution in [2.45, 2.75) is 32.2 Å². The monoisotopic (exact) mass is 528 g/mol. The molecule has 0 aliphatic carbocycles.